The molecule has 0 bridgehead atoms. The van der Waals surface area contributed by atoms with E-state index >= 15 is 0 Å². The Morgan fingerprint density at radius 1 is 0.932 bits per heavy atom. The fourth-order valence-electron chi connectivity index (χ4n) is 9.65. The normalized spacial score (nSPS) is 37.3. The molecule has 4 unspecified atom stereocenters. The minimum absolute atomic E-state index is 0.0771. The largest absolute Gasteiger partial charge is 0.467 e. The molecule has 1 aromatic rings. The minimum atomic E-state index is -0.374. The first-order valence-electron chi connectivity index (χ1n) is 17.2. The van der Waals surface area contributed by atoms with Gasteiger partial charge in [0.2, 0.25) is 0 Å². The van der Waals surface area contributed by atoms with E-state index in [2.05, 4.69) is 13.0 Å². The van der Waals surface area contributed by atoms with Crippen LogP contribution in [-0.2, 0) is 28.5 Å². The maximum absolute atomic E-state index is 13.5. The molecular formula is C37H50O7. The lowest BCUT2D eigenvalue weighted by molar-refractivity contribution is -0.166. The first kappa shape index (κ1) is 31.5. The van der Waals surface area contributed by atoms with Crippen molar-refractivity contribution in [2.45, 2.75) is 115 Å². The molecule has 0 aromatic heterocycles. The lowest BCUT2D eigenvalue weighted by Gasteiger charge is -2.52. The molecule has 6 rings (SSSR count). The Morgan fingerprint density at radius 3 is 2.41 bits per heavy atom. The summed E-state index contributed by atoms with van der Waals surface area (Å²) in [5.74, 6) is 0.734. The van der Waals surface area contributed by atoms with Crippen molar-refractivity contribution in [3.05, 3.63) is 48.0 Å². The molecule has 0 radical (unpaired) electrons. The van der Waals surface area contributed by atoms with Crippen molar-refractivity contribution >= 4 is 17.7 Å². The van der Waals surface area contributed by atoms with Gasteiger partial charge in [0.05, 0.1) is 31.0 Å². The van der Waals surface area contributed by atoms with Crippen LogP contribution in [0.3, 0.4) is 0 Å². The smallest absolute Gasteiger partial charge is 0.338 e. The Balaban J connectivity index is 1.32. The summed E-state index contributed by atoms with van der Waals surface area (Å²) in [7, 11) is 1.39. The number of ether oxygens (including phenoxy) is 4. The number of esters is 2. The van der Waals surface area contributed by atoms with Crippen molar-refractivity contribution < 1.29 is 33.3 Å². The summed E-state index contributed by atoms with van der Waals surface area (Å²) in [6, 6.07) is 9.17. The van der Waals surface area contributed by atoms with Gasteiger partial charge in [-0.2, -0.15) is 0 Å². The van der Waals surface area contributed by atoms with E-state index in [9.17, 15) is 14.4 Å². The molecule has 7 nitrogen and oxygen atoms in total. The topological polar surface area (TPSA) is 88.1 Å². The van der Waals surface area contributed by atoms with E-state index in [-0.39, 0.29) is 71.9 Å². The van der Waals surface area contributed by atoms with Crippen LogP contribution < -0.4 is 0 Å². The summed E-state index contributed by atoms with van der Waals surface area (Å²) in [6.45, 7) is 2.20. The van der Waals surface area contributed by atoms with Gasteiger partial charge in [0.15, 0.2) is 5.78 Å². The van der Waals surface area contributed by atoms with Crippen LogP contribution in [0.4, 0.5) is 0 Å². The molecule has 1 aromatic carbocycles. The van der Waals surface area contributed by atoms with Crippen LogP contribution in [0.2, 0.25) is 0 Å². The highest BCUT2D eigenvalue weighted by molar-refractivity contribution is 5.92. The quantitative estimate of drug-likeness (QED) is 0.224. The van der Waals surface area contributed by atoms with Gasteiger partial charge in [-0.05, 0) is 68.6 Å². The molecule has 4 aliphatic carbocycles. The SMILES string of the molecule is COC(=O)COC1CCCC2(C3CCCCC3)C1O[C@H]1C[C@@H](OC(=O)c3ccccc3)C(/C=C/C(=O)C3CCC(C)CC3)[C@H]12. The molecule has 5 fully saturated rings. The third kappa shape index (κ3) is 6.28. The Morgan fingerprint density at radius 2 is 1.68 bits per heavy atom. The van der Waals surface area contributed by atoms with Gasteiger partial charge in [-0.1, -0.05) is 69.7 Å². The van der Waals surface area contributed by atoms with Gasteiger partial charge in [-0.15, -0.1) is 0 Å². The maximum atomic E-state index is 13.5. The second kappa shape index (κ2) is 13.9. The van der Waals surface area contributed by atoms with E-state index < -0.39 is 0 Å². The zero-order valence-electron chi connectivity index (χ0n) is 26.5. The van der Waals surface area contributed by atoms with E-state index in [0.29, 0.717) is 23.8 Å². The molecule has 0 N–H and O–H groups in total. The van der Waals surface area contributed by atoms with Crippen LogP contribution in [0.25, 0.3) is 0 Å². The van der Waals surface area contributed by atoms with Crippen LogP contribution in [0.5, 0.6) is 0 Å². The number of ketones is 1. The summed E-state index contributed by atoms with van der Waals surface area (Å²) in [6.07, 6.45) is 16.7. The van der Waals surface area contributed by atoms with Crippen LogP contribution in [0, 0.1) is 35.0 Å². The van der Waals surface area contributed by atoms with Crippen molar-refractivity contribution in [3.8, 4) is 0 Å². The standard InChI is InChI=1S/C37H50O7/c1-24-15-17-25(18-16-24)29(38)20-19-28-31(44-36(40)26-10-5-3-6-11-26)22-32-34(28)37(27-12-7-4-8-13-27)21-9-14-30(35(37)43-32)42-23-33(39)41-2/h3,5-6,10-11,19-20,24-25,27-28,30-32,34-35H,4,7-9,12-18,21-23H2,1-2H3/b20-19+/t24?,25?,28?,30?,31-,32+,34-,35?,37?/m1/s1. The minimum Gasteiger partial charge on any atom is -0.467 e. The highest BCUT2D eigenvalue weighted by Crippen LogP contribution is 2.65. The lowest BCUT2D eigenvalue weighted by Crippen LogP contribution is -2.54. The monoisotopic (exact) mass is 606 g/mol. The first-order chi connectivity index (χ1) is 21.4. The third-order valence-corrected chi connectivity index (χ3v) is 11.8. The second-order valence-corrected chi connectivity index (χ2v) is 14.2. The van der Waals surface area contributed by atoms with Crippen LogP contribution in [-0.4, -0.2) is 55.9 Å². The Labute approximate surface area is 262 Å². The van der Waals surface area contributed by atoms with E-state index in [1.54, 1.807) is 12.1 Å². The van der Waals surface area contributed by atoms with Crippen LogP contribution in [0.1, 0.15) is 101 Å². The van der Waals surface area contributed by atoms with Gasteiger partial charge in [0, 0.05) is 29.6 Å². The summed E-state index contributed by atoms with van der Waals surface area (Å²) in [4.78, 5) is 38.9. The summed E-state index contributed by atoms with van der Waals surface area (Å²) < 4.78 is 24.5. The molecule has 240 valence electrons. The number of rotatable bonds is 9. The molecule has 5 aliphatic rings. The van der Waals surface area contributed by atoms with E-state index in [0.717, 1.165) is 57.8 Å². The van der Waals surface area contributed by atoms with Crippen LogP contribution >= 0.6 is 0 Å². The van der Waals surface area contributed by atoms with Crippen LogP contribution in [0.15, 0.2) is 42.5 Å². The third-order valence-electron chi connectivity index (χ3n) is 11.8. The number of hydrogen-bond acceptors (Lipinski definition) is 7. The number of hydrogen-bond donors (Lipinski definition) is 0. The molecule has 7 heteroatoms. The van der Waals surface area contributed by atoms with Gasteiger partial charge >= 0.3 is 11.9 Å². The van der Waals surface area contributed by atoms with Gasteiger partial charge in [0.1, 0.15) is 12.7 Å². The fraction of sp³-hybridized carbons (Fsp3) is 0.703. The van der Waals surface area contributed by atoms with Gasteiger partial charge in [-0.25, -0.2) is 9.59 Å². The van der Waals surface area contributed by atoms with Gasteiger partial charge in [-0.3, -0.25) is 4.79 Å². The van der Waals surface area contributed by atoms with Crippen molar-refractivity contribution in [3.63, 3.8) is 0 Å². The lowest BCUT2D eigenvalue weighted by atomic mass is 9.53. The van der Waals surface area contributed by atoms with E-state index in [1.807, 2.05) is 24.3 Å². The summed E-state index contributed by atoms with van der Waals surface area (Å²) in [5.41, 5.74) is 0.380. The Hall–Kier alpha value is -2.51. The molecule has 0 spiro atoms. The van der Waals surface area contributed by atoms with Crippen molar-refractivity contribution in [2.24, 2.45) is 35.0 Å². The highest BCUT2D eigenvalue weighted by atomic mass is 16.6. The van der Waals surface area contributed by atoms with Gasteiger partial charge in [0.25, 0.3) is 0 Å². The number of fused-ring (bicyclic) bond motifs is 3. The average Bonchev–Trinajstić information content (AvgIpc) is 3.57. The molecular weight excluding hydrogens is 556 g/mol. The predicted octanol–water partition coefficient (Wildman–Crippen LogP) is 6.88. The maximum Gasteiger partial charge on any atom is 0.338 e. The fourth-order valence-corrected chi connectivity index (χ4v) is 9.65. The van der Waals surface area contributed by atoms with Gasteiger partial charge < -0.3 is 18.9 Å². The molecule has 44 heavy (non-hydrogen) atoms. The second-order valence-electron chi connectivity index (χ2n) is 14.2. The molecule has 0 amide bonds. The molecule has 1 heterocycles. The van der Waals surface area contributed by atoms with E-state index in [4.69, 9.17) is 18.9 Å². The number of methoxy groups -OCH3 is 1. The summed E-state index contributed by atoms with van der Waals surface area (Å²) in [5, 5.41) is 0. The average molecular weight is 607 g/mol. The molecule has 1 aliphatic heterocycles. The Bertz CT molecular complexity index is 1180. The zero-order valence-corrected chi connectivity index (χ0v) is 26.5. The van der Waals surface area contributed by atoms with Crippen molar-refractivity contribution in [1.29, 1.82) is 0 Å². The number of allylic oxidation sites excluding steroid dienone is 1. The van der Waals surface area contributed by atoms with E-state index in [1.165, 1.54) is 26.4 Å². The number of carbonyl (C=O) groups excluding carboxylic acids is 3. The number of benzene rings is 1. The zero-order chi connectivity index (χ0) is 30.7. The predicted molar refractivity (Wildman–Crippen MR) is 166 cm³/mol. The first-order valence-corrected chi connectivity index (χ1v) is 17.2. The molecule has 1 saturated heterocycles. The van der Waals surface area contributed by atoms with Crippen molar-refractivity contribution in [2.75, 3.05) is 13.7 Å². The number of carbonyl (C=O) groups is 3. The Kier molecular flexibility index (Phi) is 9.92. The highest BCUT2D eigenvalue weighted by Gasteiger charge is 2.68. The van der Waals surface area contributed by atoms with Crippen molar-refractivity contribution in [1.82, 2.24) is 0 Å². The molecule has 4 saturated carbocycles. The summed E-state index contributed by atoms with van der Waals surface area (Å²) >= 11 is 0. The molecule has 7 atom stereocenters.